The molecule has 0 saturated heterocycles. The second-order valence-electron chi connectivity index (χ2n) is 11.1. The van der Waals surface area contributed by atoms with Crippen molar-refractivity contribution in [1.82, 2.24) is 0 Å². The van der Waals surface area contributed by atoms with Gasteiger partial charge in [-0.3, -0.25) is 4.79 Å². The van der Waals surface area contributed by atoms with Crippen LogP contribution in [0.3, 0.4) is 0 Å². The number of ether oxygens (including phenoxy) is 2. The first-order valence-corrected chi connectivity index (χ1v) is 14.0. The van der Waals surface area contributed by atoms with Gasteiger partial charge in [-0.1, -0.05) is 42.5 Å². The molecule has 0 bridgehead atoms. The molecule has 0 aromatic heterocycles. The lowest BCUT2D eigenvalue weighted by Crippen LogP contribution is -2.25. The van der Waals surface area contributed by atoms with E-state index in [2.05, 4.69) is 28.8 Å². The van der Waals surface area contributed by atoms with Crippen LogP contribution in [0.25, 0.3) is 0 Å². The molecule has 0 amide bonds. The van der Waals surface area contributed by atoms with E-state index in [1.807, 2.05) is 31.2 Å². The monoisotopic (exact) mass is 546 g/mol. The maximum absolute atomic E-state index is 16.3. The van der Waals surface area contributed by atoms with E-state index >= 15 is 4.39 Å². The maximum Gasteiger partial charge on any atom is 0.340 e. The van der Waals surface area contributed by atoms with Crippen molar-refractivity contribution in [3.63, 3.8) is 0 Å². The third-order valence-electron chi connectivity index (χ3n) is 6.94. The first-order valence-electron chi connectivity index (χ1n) is 14.0. The highest BCUT2D eigenvalue weighted by atomic mass is 19.1. The summed E-state index contributed by atoms with van der Waals surface area (Å²) in [4.78, 5) is 25.3. The van der Waals surface area contributed by atoms with E-state index in [1.54, 1.807) is 39.8 Å². The average molecular weight is 547 g/mol. The number of fused-ring (bicyclic) bond motifs is 1. The van der Waals surface area contributed by atoms with Gasteiger partial charge < -0.3 is 20.1 Å². The van der Waals surface area contributed by atoms with Gasteiger partial charge in [-0.2, -0.15) is 0 Å². The number of hydrogen-bond donors (Lipinski definition) is 2. The van der Waals surface area contributed by atoms with Gasteiger partial charge in [0.25, 0.3) is 0 Å². The fourth-order valence-corrected chi connectivity index (χ4v) is 4.98. The minimum Gasteiger partial charge on any atom is -0.466 e. The number of hydrogen-bond acceptors (Lipinski definition) is 6. The number of halogens is 1. The predicted octanol–water partition coefficient (Wildman–Crippen LogP) is 7.14. The average Bonchev–Trinajstić information content (AvgIpc) is 2.91. The van der Waals surface area contributed by atoms with Gasteiger partial charge in [-0.15, -0.1) is 0 Å². The summed E-state index contributed by atoms with van der Waals surface area (Å²) in [6, 6.07) is 16.9. The largest absolute Gasteiger partial charge is 0.466 e. The van der Waals surface area contributed by atoms with Crippen molar-refractivity contribution >= 4 is 23.3 Å². The van der Waals surface area contributed by atoms with Crippen molar-refractivity contribution in [2.45, 2.75) is 71.9 Å². The van der Waals surface area contributed by atoms with Crippen LogP contribution in [-0.4, -0.2) is 30.7 Å². The van der Waals surface area contributed by atoms with Crippen LogP contribution < -0.4 is 10.6 Å². The number of carbonyl (C=O) groups is 2. The Morgan fingerprint density at radius 1 is 1.10 bits per heavy atom. The molecule has 3 aromatic rings. The minimum atomic E-state index is -0.757. The van der Waals surface area contributed by atoms with E-state index in [4.69, 9.17) is 9.47 Å². The van der Waals surface area contributed by atoms with Gasteiger partial charge in [0, 0.05) is 18.7 Å². The van der Waals surface area contributed by atoms with E-state index in [9.17, 15) is 9.59 Å². The molecule has 1 atom stereocenters. The summed E-state index contributed by atoms with van der Waals surface area (Å²) in [5, 5.41) is 6.88. The first-order chi connectivity index (χ1) is 19.1. The smallest absolute Gasteiger partial charge is 0.340 e. The maximum atomic E-state index is 16.3. The van der Waals surface area contributed by atoms with Gasteiger partial charge in [0.2, 0.25) is 0 Å². The summed E-state index contributed by atoms with van der Waals surface area (Å²) in [5.41, 5.74) is 4.96. The number of benzene rings is 3. The van der Waals surface area contributed by atoms with Crippen molar-refractivity contribution in [1.29, 1.82) is 0 Å². The molecule has 1 aliphatic rings. The molecule has 40 heavy (non-hydrogen) atoms. The van der Waals surface area contributed by atoms with Gasteiger partial charge in [0.15, 0.2) is 0 Å². The third-order valence-corrected chi connectivity index (χ3v) is 6.94. The van der Waals surface area contributed by atoms with Gasteiger partial charge >= 0.3 is 11.9 Å². The van der Waals surface area contributed by atoms with Crippen LogP contribution in [0.1, 0.15) is 84.8 Å². The SMILES string of the molecule is CCOC(=O)CCc1ccc(C(=O)OC(C)(C)C)c(NC(c2ccc3c(c2)NCCC3)c2ccccc2C)c1F. The van der Waals surface area contributed by atoms with E-state index in [0.717, 1.165) is 41.8 Å². The van der Waals surface area contributed by atoms with Gasteiger partial charge in [0.1, 0.15) is 11.4 Å². The zero-order valence-corrected chi connectivity index (χ0v) is 24.0. The molecule has 3 aromatic carbocycles. The van der Waals surface area contributed by atoms with Crippen LogP contribution in [0.2, 0.25) is 0 Å². The number of aryl methyl sites for hydroxylation is 3. The Labute approximate surface area is 236 Å². The molecule has 6 nitrogen and oxygen atoms in total. The molecule has 0 spiro atoms. The van der Waals surface area contributed by atoms with Gasteiger partial charge in [-0.05, 0) is 93.8 Å². The van der Waals surface area contributed by atoms with Crippen LogP contribution in [0.4, 0.5) is 15.8 Å². The van der Waals surface area contributed by atoms with Crippen molar-refractivity contribution in [2.75, 3.05) is 23.8 Å². The van der Waals surface area contributed by atoms with Crippen molar-refractivity contribution in [3.05, 3.63) is 93.8 Å². The van der Waals surface area contributed by atoms with E-state index < -0.39 is 29.4 Å². The molecule has 1 aliphatic heterocycles. The lowest BCUT2D eigenvalue weighted by atomic mass is 9.91. The summed E-state index contributed by atoms with van der Waals surface area (Å²) < 4.78 is 27.0. The molecule has 0 radical (unpaired) electrons. The van der Waals surface area contributed by atoms with Crippen LogP contribution in [0.5, 0.6) is 0 Å². The summed E-state index contributed by atoms with van der Waals surface area (Å²) in [6.07, 6.45) is 2.26. The lowest BCUT2D eigenvalue weighted by molar-refractivity contribution is -0.143. The van der Waals surface area contributed by atoms with Crippen molar-refractivity contribution < 1.29 is 23.5 Å². The Morgan fingerprint density at radius 2 is 1.88 bits per heavy atom. The molecule has 7 heteroatoms. The van der Waals surface area contributed by atoms with E-state index in [1.165, 1.54) is 5.56 Å². The molecule has 4 rings (SSSR count). The van der Waals surface area contributed by atoms with Crippen molar-refractivity contribution in [2.24, 2.45) is 0 Å². The van der Waals surface area contributed by atoms with E-state index in [-0.39, 0.29) is 30.7 Å². The Morgan fingerprint density at radius 3 is 2.60 bits per heavy atom. The van der Waals surface area contributed by atoms with Crippen molar-refractivity contribution in [3.8, 4) is 0 Å². The van der Waals surface area contributed by atoms with Crippen LogP contribution in [0, 0.1) is 12.7 Å². The Balaban J connectivity index is 1.81. The predicted molar refractivity (Wildman–Crippen MR) is 156 cm³/mol. The highest BCUT2D eigenvalue weighted by Crippen LogP contribution is 2.36. The van der Waals surface area contributed by atoms with Gasteiger partial charge in [-0.25, -0.2) is 9.18 Å². The number of carbonyl (C=O) groups excluding carboxylic acids is 2. The molecular weight excluding hydrogens is 507 g/mol. The van der Waals surface area contributed by atoms with Gasteiger partial charge in [0.05, 0.1) is 23.9 Å². The highest BCUT2D eigenvalue weighted by Gasteiger charge is 2.27. The van der Waals surface area contributed by atoms with Crippen LogP contribution >= 0.6 is 0 Å². The topological polar surface area (TPSA) is 76.7 Å². The zero-order valence-electron chi connectivity index (χ0n) is 24.0. The number of rotatable bonds is 9. The molecule has 212 valence electrons. The fourth-order valence-electron chi connectivity index (χ4n) is 4.98. The number of nitrogens with one attached hydrogen (secondary N) is 2. The summed E-state index contributed by atoms with van der Waals surface area (Å²) >= 11 is 0. The minimum absolute atomic E-state index is 0.0354. The molecule has 0 aliphatic carbocycles. The molecule has 2 N–H and O–H groups in total. The highest BCUT2D eigenvalue weighted by molar-refractivity contribution is 5.96. The summed E-state index contributed by atoms with van der Waals surface area (Å²) in [7, 11) is 0. The molecule has 0 fully saturated rings. The normalized spacial score (nSPS) is 13.6. The summed E-state index contributed by atoms with van der Waals surface area (Å²) in [6.45, 7) is 10.2. The number of esters is 2. The van der Waals surface area contributed by atoms with E-state index in [0.29, 0.717) is 5.56 Å². The molecular formula is C33H39FN2O4. The Kier molecular flexibility index (Phi) is 9.13. The first kappa shape index (κ1) is 29.1. The molecule has 1 unspecified atom stereocenters. The Hall–Kier alpha value is -3.87. The number of anilines is 2. The second-order valence-corrected chi connectivity index (χ2v) is 11.1. The van der Waals surface area contributed by atoms with Crippen LogP contribution in [-0.2, 0) is 27.1 Å². The molecule has 0 saturated carbocycles. The standard InChI is InChI=1S/C33H39FN2O4/c1-6-39-28(37)18-16-23-15-17-26(32(38)40-33(3,4)5)31(29(23)34)36-30(25-12-8-7-10-21(25)2)24-14-13-22-11-9-19-35-27(22)20-24/h7-8,10,12-15,17,20,30,35-36H,6,9,11,16,18-19H2,1-5H3. The lowest BCUT2D eigenvalue weighted by Gasteiger charge is -2.27. The second kappa shape index (κ2) is 12.5. The summed E-state index contributed by atoms with van der Waals surface area (Å²) in [5.74, 6) is -1.60. The van der Waals surface area contributed by atoms with Crippen LogP contribution in [0.15, 0.2) is 54.6 Å². The zero-order chi connectivity index (χ0) is 28.9. The Bertz CT molecular complexity index is 1380. The quantitative estimate of drug-likeness (QED) is 0.278. The third kappa shape index (κ3) is 7.00. The fraction of sp³-hybridized carbons (Fsp3) is 0.394. The molecule has 1 heterocycles.